The molecule has 0 bridgehead atoms. The lowest BCUT2D eigenvalue weighted by atomic mass is 10.1. The topological polar surface area (TPSA) is 78.0 Å². The highest BCUT2D eigenvalue weighted by molar-refractivity contribution is 7.16. The third-order valence-corrected chi connectivity index (χ3v) is 5.96. The van der Waals surface area contributed by atoms with Crippen molar-refractivity contribution < 1.29 is 14.3 Å². The second kappa shape index (κ2) is 7.29. The van der Waals surface area contributed by atoms with Gasteiger partial charge in [0.2, 0.25) is 0 Å². The summed E-state index contributed by atoms with van der Waals surface area (Å²) in [5.41, 5.74) is 4.71. The number of ether oxygens (including phenoxy) is 1. The molecule has 0 N–H and O–H groups in total. The van der Waals surface area contributed by atoms with Crippen LogP contribution in [0.3, 0.4) is 0 Å². The van der Waals surface area contributed by atoms with E-state index in [0.717, 1.165) is 21.3 Å². The zero-order chi connectivity index (χ0) is 20.7. The molecule has 0 saturated carbocycles. The first-order chi connectivity index (χ1) is 13.9. The summed E-state index contributed by atoms with van der Waals surface area (Å²) in [6.07, 6.45) is 1.79. The molecule has 7 nitrogen and oxygen atoms in total. The monoisotopic (exact) mass is 408 g/mol. The number of carbonyl (C=O) groups is 2. The van der Waals surface area contributed by atoms with Crippen molar-refractivity contribution in [2.24, 2.45) is 4.99 Å². The van der Waals surface area contributed by atoms with Gasteiger partial charge in [-0.2, -0.15) is 4.99 Å². The Morgan fingerprint density at radius 2 is 2.00 bits per heavy atom. The van der Waals surface area contributed by atoms with Gasteiger partial charge in [-0.15, -0.1) is 0 Å². The number of carbonyl (C=O) groups excluding carboxylic acids is 2. The van der Waals surface area contributed by atoms with Crippen molar-refractivity contribution >= 4 is 39.1 Å². The molecule has 8 heteroatoms. The van der Waals surface area contributed by atoms with E-state index < -0.39 is 11.9 Å². The van der Waals surface area contributed by atoms with Crippen molar-refractivity contribution in [2.75, 3.05) is 7.11 Å². The highest BCUT2D eigenvalue weighted by Crippen LogP contribution is 2.24. The van der Waals surface area contributed by atoms with Crippen LogP contribution in [-0.2, 0) is 16.1 Å². The van der Waals surface area contributed by atoms with E-state index >= 15 is 0 Å². The van der Waals surface area contributed by atoms with Crippen molar-refractivity contribution in [3.05, 3.63) is 63.8 Å². The van der Waals surface area contributed by atoms with Crippen LogP contribution < -0.4 is 4.80 Å². The number of fused-ring (bicyclic) bond motifs is 2. The van der Waals surface area contributed by atoms with Gasteiger partial charge < -0.3 is 9.30 Å². The van der Waals surface area contributed by atoms with Crippen molar-refractivity contribution in [2.45, 2.75) is 27.3 Å². The number of benzene rings is 1. The highest BCUT2D eigenvalue weighted by Gasteiger charge is 2.18. The molecule has 0 radical (unpaired) electrons. The van der Waals surface area contributed by atoms with Crippen LogP contribution in [0.4, 0.5) is 0 Å². The molecule has 0 aliphatic carbocycles. The quantitative estimate of drug-likeness (QED) is 0.488. The van der Waals surface area contributed by atoms with Gasteiger partial charge in [-0.1, -0.05) is 23.5 Å². The number of pyridine rings is 1. The fourth-order valence-electron chi connectivity index (χ4n) is 3.46. The van der Waals surface area contributed by atoms with E-state index in [2.05, 4.69) is 16.0 Å². The normalized spacial score (nSPS) is 12.1. The van der Waals surface area contributed by atoms with Crippen molar-refractivity contribution in [1.82, 2.24) is 14.0 Å². The Hall–Kier alpha value is -3.26. The van der Waals surface area contributed by atoms with Crippen LogP contribution in [0, 0.1) is 20.8 Å². The number of aryl methyl sites for hydroxylation is 3. The fraction of sp³-hybridized carbons (Fsp3) is 0.238. The van der Waals surface area contributed by atoms with Crippen LogP contribution in [-0.4, -0.2) is 32.9 Å². The lowest BCUT2D eigenvalue weighted by Gasteiger charge is -2.05. The van der Waals surface area contributed by atoms with Gasteiger partial charge in [0.05, 0.1) is 23.0 Å². The van der Waals surface area contributed by atoms with E-state index in [1.165, 1.54) is 18.4 Å². The van der Waals surface area contributed by atoms with Crippen LogP contribution in [0.2, 0.25) is 0 Å². The molecule has 29 heavy (non-hydrogen) atoms. The summed E-state index contributed by atoms with van der Waals surface area (Å²) in [4.78, 5) is 34.4. The Balaban J connectivity index is 1.94. The molecule has 0 aliphatic heterocycles. The van der Waals surface area contributed by atoms with E-state index in [4.69, 9.17) is 4.74 Å². The van der Waals surface area contributed by atoms with Crippen molar-refractivity contribution in [3.8, 4) is 0 Å². The van der Waals surface area contributed by atoms with Gasteiger partial charge in [-0.25, -0.2) is 4.98 Å². The summed E-state index contributed by atoms with van der Waals surface area (Å²) in [5.74, 6) is -0.801. The molecule has 0 fully saturated rings. The zero-order valence-electron chi connectivity index (χ0n) is 16.6. The first-order valence-electron chi connectivity index (χ1n) is 9.09. The first-order valence-corrected chi connectivity index (χ1v) is 9.91. The molecule has 0 spiro atoms. The minimum Gasteiger partial charge on any atom is -0.468 e. The van der Waals surface area contributed by atoms with E-state index in [9.17, 15) is 9.59 Å². The van der Waals surface area contributed by atoms with Crippen LogP contribution in [0.5, 0.6) is 0 Å². The third kappa shape index (κ3) is 3.36. The fourth-order valence-corrected chi connectivity index (χ4v) is 4.53. The average molecular weight is 408 g/mol. The molecule has 0 saturated heterocycles. The molecule has 1 amide bonds. The number of hydrogen-bond donors (Lipinski definition) is 0. The number of nitrogens with zero attached hydrogens (tertiary/aromatic N) is 4. The predicted molar refractivity (Wildman–Crippen MR) is 111 cm³/mol. The number of esters is 1. The number of rotatable bonds is 3. The molecule has 4 rings (SSSR count). The molecule has 3 aromatic heterocycles. The molecule has 0 aliphatic rings. The number of thiazole rings is 1. The van der Waals surface area contributed by atoms with Gasteiger partial charge in [-0.05, 0) is 50.1 Å². The minimum absolute atomic E-state index is 0.0162. The maximum Gasteiger partial charge on any atom is 0.325 e. The first kappa shape index (κ1) is 19.1. The van der Waals surface area contributed by atoms with E-state index in [-0.39, 0.29) is 6.54 Å². The molecular weight excluding hydrogens is 388 g/mol. The SMILES string of the molecule is COC(=O)Cn1c(=NC(=O)c2c(C)nc3ccccn23)sc2c(C)cc(C)cc21. The lowest BCUT2D eigenvalue weighted by molar-refractivity contribution is -0.141. The Labute approximate surface area is 170 Å². The summed E-state index contributed by atoms with van der Waals surface area (Å²) in [7, 11) is 1.34. The second-order valence-electron chi connectivity index (χ2n) is 6.87. The van der Waals surface area contributed by atoms with E-state index in [1.54, 1.807) is 22.1 Å². The van der Waals surface area contributed by atoms with Gasteiger partial charge in [-0.3, -0.25) is 14.0 Å². The molecule has 148 valence electrons. The number of amides is 1. The largest absolute Gasteiger partial charge is 0.468 e. The van der Waals surface area contributed by atoms with Gasteiger partial charge in [0.25, 0.3) is 5.91 Å². The zero-order valence-corrected chi connectivity index (χ0v) is 17.4. The standard InChI is InChI=1S/C21H20N4O3S/c1-12-9-13(2)19-15(10-12)25(11-17(26)28-4)21(29-19)23-20(27)18-14(3)22-16-7-5-6-8-24(16)18/h5-10H,11H2,1-4H3. The molecule has 1 aromatic carbocycles. The minimum atomic E-state index is -0.402. The molecule has 4 aromatic rings. The van der Waals surface area contributed by atoms with Gasteiger partial charge >= 0.3 is 5.97 Å². The Morgan fingerprint density at radius 1 is 1.21 bits per heavy atom. The Morgan fingerprint density at radius 3 is 2.76 bits per heavy atom. The van der Waals surface area contributed by atoms with Gasteiger partial charge in [0.15, 0.2) is 4.80 Å². The summed E-state index contributed by atoms with van der Waals surface area (Å²) < 4.78 is 9.30. The molecular formula is C21H20N4O3S. The van der Waals surface area contributed by atoms with Crippen LogP contribution in [0.15, 0.2) is 41.5 Å². The van der Waals surface area contributed by atoms with Crippen molar-refractivity contribution in [1.29, 1.82) is 0 Å². The van der Waals surface area contributed by atoms with Gasteiger partial charge in [0.1, 0.15) is 17.9 Å². The molecule has 3 heterocycles. The summed E-state index contributed by atoms with van der Waals surface area (Å²) in [6, 6.07) is 9.61. The second-order valence-corrected chi connectivity index (χ2v) is 7.85. The predicted octanol–water partition coefficient (Wildman–Crippen LogP) is 3.19. The van der Waals surface area contributed by atoms with Crippen molar-refractivity contribution in [3.63, 3.8) is 0 Å². The maximum absolute atomic E-state index is 13.1. The lowest BCUT2D eigenvalue weighted by Crippen LogP contribution is -2.22. The van der Waals surface area contributed by atoms with Gasteiger partial charge in [0, 0.05) is 6.20 Å². The highest BCUT2D eigenvalue weighted by atomic mass is 32.1. The number of hydrogen-bond acceptors (Lipinski definition) is 5. The maximum atomic E-state index is 13.1. The molecule has 0 unspecified atom stereocenters. The summed E-state index contributed by atoms with van der Waals surface area (Å²) in [5, 5.41) is 0. The van der Waals surface area contributed by atoms with E-state index in [1.807, 2.05) is 38.1 Å². The van der Waals surface area contributed by atoms with Crippen LogP contribution in [0.1, 0.15) is 27.3 Å². The summed E-state index contributed by atoms with van der Waals surface area (Å²) in [6.45, 7) is 5.78. The summed E-state index contributed by atoms with van der Waals surface area (Å²) >= 11 is 1.39. The Kier molecular flexibility index (Phi) is 4.79. The van der Waals surface area contributed by atoms with Crippen LogP contribution in [0.25, 0.3) is 15.9 Å². The van der Waals surface area contributed by atoms with Crippen LogP contribution >= 0.6 is 11.3 Å². The number of aromatic nitrogens is 3. The average Bonchev–Trinajstić information content (AvgIpc) is 3.19. The smallest absolute Gasteiger partial charge is 0.325 e. The molecule has 0 atom stereocenters. The van der Waals surface area contributed by atoms with E-state index in [0.29, 0.717) is 21.8 Å². The Bertz CT molecular complexity index is 1340. The third-order valence-electron chi connectivity index (χ3n) is 4.73. The number of imidazole rings is 1. The number of methoxy groups -OCH3 is 1.